The van der Waals surface area contributed by atoms with Crippen molar-refractivity contribution >= 4 is 17.6 Å². The molecule has 0 amide bonds. The summed E-state index contributed by atoms with van der Waals surface area (Å²) in [6.07, 6.45) is 0. The molecule has 0 aromatic heterocycles. The predicted octanol–water partition coefficient (Wildman–Crippen LogP) is 1.64. The van der Waals surface area contributed by atoms with Crippen LogP contribution in [0, 0.1) is 12.1 Å². The van der Waals surface area contributed by atoms with Crippen LogP contribution >= 0.6 is 11.6 Å². The molecule has 0 spiro atoms. The summed E-state index contributed by atoms with van der Waals surface area (Å²) in [7, 11) is 0. The van der Waals surface area contributed by atoms with E-state index < -0.39 is 5.97 Å². The number of rotatable bonds is 1. The highest BCUT2D eigenvalue weighted by molar-refractivity contribution is 6.30. The van der Waals surface area contributed by atoms with E-state index >= 15 is 0 Å². The largest absolute Gasteiger partial charge is 0.477 e. The van der Waals surface area contributed by atoms with Crippen molar-refractivity contribution in [3.63, 3.8) is 0 Å². The molecule has 10 heavy (non-hydrogen) atoms. The minimum atomic E-state index is -1.02. The van der Waals surface area contributed by atoms with Gasteiger partial charge in [0.05, 0.1) is 5.02 Å². The first-order chi connectivity index (χ1) is 4.70. The van der Waals surface area contributed by atoms with Crippen LogP contribution in [0.4, 0.5) is 0 Å². The molecule has 3 heteroatoms. The van der Waals surface area contributed by atoms with Crippen LogP contribution in [0.2, 0.25) is 5.02 Å². The first kappa shape index (κ1) is 6.91. The van der Waals surface area contributed by atoms with Gasteiger partial charge in [-0.2, -0.15) is 0 Å². The lowest BCUT2D eigenvalue weighted by atomic mass is 10.3. The first-order valence-corrected chi connectivity index (χ1v) is 2.91. The van der Waals surface area contributed by atoms with Gasteiger partial charge in [-0.25, -0.2) is 4.79 Å². The Labute approximate surface area is 63.1 Å². The molecule has 0 saturated carbocycles. The molecule has 0 radical (unpaired) electrons. The van der Waals surface area contributed by atoms with Crippen LogP contribution in [0.15, 0.2) is 12.1 Å². The Morgan fingerprint density at radius 2 is 2.20 bits per heavy atom. The van der Waals surface area contributed by atoms with E-state index in [1.807, 2.05) is 0 Å². The lowest BCUT2D eigenvalue weighted by molar-refractivity contribution is 0.0697. The molecule has 1 rings (SSSR count). The summed E-state index contributed by atoms with van der Waals surface area (Å²) >= 11 is 5.44. The Hall–Kier alpha value is -1.20. The Balaban J connectivity index is 3.00. The van der Waals surface area contributed by atoms with E-state index in [0.717, 1.165) is 0 Å². The lowest BCUT2D eigenvalue weighted by Gasteiger charge is -1.85. The van der Waals surface area contributed by atoms with Gasteiger partial charge in [-0.1, -0.05) is 17.7 Å². The molecule has 2 nitrogen and oxygen atoms in total. The van der Waals surface area contributed by atoms with Gasteiger partial charge >= 0.3 is 5.97 Å². The van der Waals surface area contributed by atoms with Gasteiger partial charge < -0.3 is 5.11 Å². The molecule has 1 aromatic carbocycles. The maximum absolute atomic E-state index is 10.2. The fourth-order valence-corrected chi connectivity index (χ4v) is 0.602. The highest BCUT2D eigenvalue weighted by Gasteiger charge is 1.98. The van der Waals surface area contributed by atoms with Gasteiger partial charge in [-0.15, -0.1) is 0 Å². The van der Waals surface area contributed by atoms with Gasteiger partial charge in [0.25, 0.3) is 0 Å². The number of hydrogen-bond donors (Lipinski definition) is 1. The predicted molar refractivity (Wildman–Crippen MR) is 36.1 cm³/mol. The van der Waals surface area contributed by atoms with Crippen molar-refractivity contribution in [2.45, 2.75) is 0 Å². The summed E-state index contributed by atoms with van der Waals surface area (Å²) in [5.41, 5.74) is 0.0735. The average Bonchev–Trinajstić information content (AvgIpc) is 1.88. The number of carboxylic acids is 1. The zero-order valence-electron chi connectivity index (χ0n) is 4.89. The van der Waals surface area contributed by atoms with Crippen LogP contribution in [-0.2, 0) is 0 Å². The maximum Gasteiger partial charge on any atom is 0.344 e. The summed E-state index contributed by atoms with van der Waals surface area (Å²) in [5, 5.41) is 8.75. The molecule has 0 bridgehead atoms. The van der Waals surface area contributed by atoms with Crippen LogP contribution in [0.5, 0.6) is 0 Å². The molecule has 0 aliphatic heterocycles. The van der Waals surface area contributed by atoms with Crippen LogP contribution in [0.25, 0.3) is 0 Å². The Bertz CT molecular complexity index is 240. The molecule has 50 valence electrons. The second-order valence-electron chi connectivity index (χ2n) is 1.65. The number of halogens is 1. The summed E-state index contributed by atoms with van der Waals surface area (Å²) in [5.74, 6) is -1.02. The van der Waals surface area contributed by atoms with Crippen molar-refractivity contribution < 1.29 is 9.90 Å². The molecular weight excluding hydrogens is 152 g/mol. The fourth-order valence-electron chi connectivity index (χ4n) is 0.492. The molecule has 0 saturated heterocycles. The van der Waals surface area contributed by atoms with Crippen LogP contribution < -0.4 is 0 Å². The van der Waals surface area contributed by atoms with Gasteiger partial charge in [0.2, 0.25) is 0 Å². The molecule has 0 atom stereocenters. The molecule has 0 aliphatic carbocycles. The van der Waals surface area contributed by atoms with Crippen LogP contribution in [-0.4, -0.2) is 11.1 Å². The smallest absolute Gasteiger partial charge is 0.344 e. The highest BCUT2D eigenvalue weighted by atomic mass is 35.5. The minimum Gasteiger partial charge on any atom is -0.477 e. The summed E-state index contributed by atoms with van der Waals surface area (Å²) in [6, 6.07) is 7.66. The monoisotopic (exact) mass is 154 g/mol. The zero-order valence-corrected chi connectivity index (χ0v) is 5.64. The third-order valence-electron chi connectivity index (χ3n) is 0.943. The SMILES string of the molecule is O=C(O)c1c#cc(Cl)cc1. The summed E-state index contributed by atoms with van der Waals surface area (Å²) in [6.45, 7) is 0. The quantitative estimate of drug-likeness (QED) is 0.668. The average molecular weight is 155 g/mol. The van der Waals surface area contributed by atoms with Gasteiger partial charge in [0.1, 0.15) is 5.56 Å². The molecule has 1 aromatic rings. The molecule has 0 heterocycles. The normalized spacial score (nSPS) is 8.50. The van der Waals surface area contributed by atoms with Crippen molar-refractivity contribution in [2.75, 3.05) is 0 Å². The number of carbonyl (C=O) groups is 1. The van der Waals surface area contributed by atoms with Crippen molar-refractivity contribution in [1.29, 1.82) is 0 Å². The van der Waals surface area contributed by atoms with Crippen molar-refractivity contribution in [1.82, 2.24) is 0 Å². The van der Waals surface area contributed by atoms with Crippen molar-refractivity contribution in [2.24, 2.45) is 0 Å². The third kappa shape index (κ3) is 1.40. The van der Waals surface area contributed by atoms with Crippen molar-refractivity contribution in [3.05, 3.63) is 34.9 Å². The van der Waals surface area contributed by atoms with E-state index in [9.17, 15) is 4.79 Å². The molecule has 0 fully saturated rings. The highest BCUT2D eigenvalue weighted by Crippen LogP contribution is 2.03. The van der Waals surface area contributed by atoms with Gasteiger partial charge in [-0.05, 0) is 18.2 Å². The Morgan fingerprint density at radius 3 is 2.60 bits per heavy atom. The fraction of sp³-hybridized carbons (Fsp3) is 0. The van der Waals surface area contributed by atoms with Gasteiger partial charge in [-0.3, -0.25) is 0 Å². The van der Waals surface area contributed by atoms with Gasteiger partial charge in [0, 0.05) is 0 Å². The third-order valence-corrected chi connectivity index (χ3v) is 1.16. The number of aromatic carboxylic acids is 1. The van der Waals surface area contributed by atoms with E-state index in [2.05, 4.69) is 12.1 Å². The van der Waals surface area contributed by atoms with Gasteiger partial charge in [0.15, 0.2) is 0 Å². The van der Waals surface area contributed by atoms with E-state index in [-0.39, 0.29) is 5.56 Å². The molecule has 0 unspecified atom stereocenters. The molecule has 1 N–H and O–H groups in total. The van der Waals surface area contributed by atoms with E-state index in [0.29, 0.717) is 5.02 Å². The number of hydrogen-bond acceptors (Lipinski definition) is 1. The Kier molecular flexibility index (Phi) is 1.79. The zero-order chi connectivity index (χ0) is 7.56. The second kappa shape index (κ2) is 2.59. The summed E-state index contributed by atoms with van der Waals surface area (Å²) in [4.78, 5) is 10.2. The molecule has 0 aliphatic rings. The van der Waals surface area contributed by atoms with E-state index in [1.54, 1.807) is 0 Å². The minimum absolute atomic E-state index is 0.0735. The number of carboxylic acid groups (broad SMARTS) is 1. The van der Waals surface area contributed by atoms with Crippen molar-refractivity contribution in [3.8, 4) is 0 Å². The first-order valence-electron chi connectivity index (χ1n) is 2.53. The summed E-state index contributed by atoms with van der Waals surface area (Å²) < 4.78 is 0. The topological polar surface area (TPSA) is 37.3 Å². The second-order valence-corrected chi connectivity index (χ2v) is 2.06. The standard InChI is InChI=1S/C7H3ClO2/c8-6-3-1-5(2-4-6)7(9)10/h1,3H,(H,9,10). The maximum atomic E-state index is 10.2. The van der Waals surface area contributed by atoms with E-state index in [1.165, 1.54) is 12.1 Å². The van der Waals surface area contributed by atoms with Crippen LogP contribution in [0.3, 0.4) is 0 Å². The Morgan fingerprint density at radius 1 is 1.50 bits per heavy atom. The van der Waals surface area contributed by atoms with Crippen LogP contribution in [0.1, 0.15) is 10.4 Å². The van der Waals surface area contributed by atoms with E-state index in [4.69, 9.17) is 16.7 Å². The lowest BCUT2D eigenvalue weighted by Crippen LogP contribution is -1.93. The molecular formula is C7H3ClO2.